The number of aliphatic carboxylic acids is 1. The first-order chi connectivity index (χ1) is 8.09. The molecule has 8 nitrogen and oxygen atoms in total. The minimum absolute atomic E-state index is 0.0741. The van der Waals surface area contributed by atoms with Gasteiger partial charge in [0.1, 0.15) is 11.8 Å². The van der Waals surface area contributed by atoms with Crippen LogP contribution in [-0.4, -0.2) is 41.8 Å². The van der Waals surface area contributed by atoms with Gasteiger partial charge in [0.2, 0.25) is 0 Å². The van der Waals surface area contributed by atoms with Gasteiger partial charge in [-0.05, 0) is 0 Å². The van der Waals surface area contributed by atoms with Crippen LogP contribution in [-0.2, 0) is 11.3 Å². The maximum Gasteiger partial charge on any atom is 0.332 e. The van der Waals surface area contributed by atoms with E-state index in [4.69, 9.17) is 15.9 Å². The Morgan fingerprint density at radius 2 is 2.24 bits per heavy atom. The number of aliphatic hydroxyl groups excluding tert-OH is 1. The van der Waals surface area contributed by atoms with E-state index in [0.717, 1.165) is 0 Å². The Bertz CT molecular complexity index is 553. The van der Waals surface area contributed by atoms with Gasteiger partial charge in [-0.15, -0.1) is 0 Å². The van der Waals surface area contributed by atoms with Crippen molar-refractivity contribution >= 4 is 23.0 Å². The predicted molar refractivity (Wildman–Crippen MR) is 58.0 cm³/mol. The molecule has 0 aliphatic heterocycles. The van der Waals surface area contributed by atoms with Gasteiger partial charge in [-0.25, -0.2) is 19.7 Å². The van der Waals surface area contributed by atoms with Crippen molar-refractivity contribution in [2.24, 2.45) is 0 Å². The summed E-state index contributed by atoms with van der Waals surface area (Å²) in [5.41, 5.74) is 6.60. The molecule has 0 amide bonds. The maximum atomic E-state index is 10.5. The van der Waals surface area contributed by atoms with Crippen LogP contribution in [0.25, 0.3) is 11.2 Å². The van der Waals surface area contributed by atoms with Crippen LogP contribution >= 0.6 is 0 Å². The van der Waals surface area contributed by atoms with Gasteiger partial charge >= 0.3 is 5.97 Å². The summed E-state index contributed by atoms with van der Waals surface area (Å²) in [4.78, 5) is 22.3. The Labute approximate surface area is 95.7 Å². The first kappa shape index (κ1) is 11.3. The van der Waals surface area contributed by atoms with E-state index < -0.39 is 12.1 Å². The van der Waals surface area contributed by atoms with Crippen molar-refractivity contribution in [1.29, 1.82) is 0 Å². The van der Waals surface area contributed by atoms with Crippen molar-refractivity contribution in [3.63, 3.8) is 0 Å². The monoisotopic (exact) mass is 237 g/mol. The molecule has 2 aromatic heterocycles. The number of carbonyl (C=O) groups is 1. The molecule has 2 rings (SSSR count). The lowest BCUT2D eigenvalue weighted by Crippen LogP contribution is -2.21. The topological polar surface area (TPSA) is 127 Å². The molecule has 0 radical (unpaired) electrons. The number of anilines is 1. The van der Waals surface area contributed by atoms with Crippen LogP contribution in [0.2, 0.25) is 0 Å². The fraction of sp³-hybridized carbons (Fsp3) is 0.333. The number of carboxylic acids is 1. The summed E-state index contributed by atoms with van der Waals surface area (Å²) in [6.07, 6.45) is 1.48. The van der Waals surface area contributed by atoms with Crippen molar-refractivity contribution in [3.8, 4) is 0 Å². The minimum atomic E-state index is -1.40. The molecule has 0 fully saturated rings. The van der Waals surface area contributed by atoms with Gasteiger partial charge in [-0.1, -0.05) is 0 Å². The number of rotatable bonds is 4. The van der Waals surface area contributed by atoms with Crippen molar-refractivity contribution in [1.82, 2.24) is 19.5 Å². The second-order valence-corrected chi connectivity index (χ2v) is 3.51. The van der Waals surface area contributed by atoms with Crippen LogP contribution in [0, 0.1) is 0 Å². The Hall–Kier alpha value is -2.22. The smallest absolute Gasteiger partial charge is 0.332 e. The van der Waals surface area contributed by atoms with E-state index in [0.29, 0.717) is 17.7 Å². The molecule has 8 heteroatoms. The summed E-state index contributed by atoms with van der Waals surface area (Å²) in [6, 6.07) is 0. The zero-order chi connectivity index (χ0) is 12.4. The van der Waals surface area contributed by atoms with E-state index in [2.05, 4.69) is 15.0 Å². The van der Waals surface area contributed by atoms with E-state index in [1.807, 2.05) is 0 Å². The van der Waals surface area contributed by atoms with Crippen LogP contribution in [0.1, 0.15) is 6.42 Å². The van der Waals surface area contributed by atoms with Crippen LogP contribution in [0.4, 0.5) is 5.82 Å². The molecule has 0 aliphatic carbocycles. The Kier molecular flexibility index (Phi) is 2.88. The molecule has 17 heavy (non-hydrogen) atoms. The van der Waals surface area contributed by atoms with E-state index in [1.54, 1.807) is 4.57 Å². The zero-order valence-electron chi connectivity index (χ0n) is 8.82. The molecular weight excluding hydrogens is 226 g/mol. The van der Waals surface area contributed by atoms with Crippen molar-refractivity contribution < 1.29 is 15.0 Å². The highest BCUT2D eigenvalue weighted by Crippen LogP contribution is 2.14. The molecule has 1 unspecified atom stereocenters. The fourth-order valence-corrected chi connectivity index (χ4v) is 1.45. The fourth-order valence-electron chi connectivity index (χ4n) is 1.45. The van der Waals surface area contributed by atoms with E-state index in [9.17, 15) is 4.79 Å². The number of imidazole rings is 1. The van der Waals surface area contributed by atoms with E-state index in [1.165, 1.54) is 12.7 Å². The molecule has 90 valence electrons. The number of hydrogen-bond acceptors (Lipinski definition) is 6. The molecule has 0 spiro atoms. The number of hydrogen-bond donors (Lipinski definition) is 3. The molecule has 0 saturated carbocycles. The van der Waals surface area contributed by atoms with Crippen molar-refractivity contribution in [3.05, 3.63) is 12.7 Å². The molecule has 0 aliphatic rings. The number of carboxylic acid groups (broad SMARTS) is 1. The highest BCUT2D eigenvalue weighted by Gasteiger charge is 2.14. The lowest BCUT2D eigenvalue weighted by Gasteiger charge is -2.06. The summed E-state index contributed by atoms with van der Waals surface area (Å²) < 4.78 is 1.62. The predicted octanol–water partition coefficient (Wildman–Crippen LogP) is -0.756. The third kappa shape index (κ3) is 2.16. The Morgan fingerprint density at radius 1 is 1.47 bits per heavy atom. The lowest BCUT2D eigenvalue weighted by atomic mass is 10.2. The molecule has 0 aromatic carbocycles. The lowest BCUT2D eigenvalue weighted by molar-refractivity contribution is -0.147. The van der Waals surface area contributed by atoms with Gasteiger partial charge in [0.25, 0.3) is 0 Å². The first-order valence-electron chi connectivity index (χ1n) is 4.91. The van der Waals surface area contributed by atoms with Gasteiger partial charge in [-0.2, -0.15) is 0 Å². The van der Waals surface area contributed by atoms with Gasteiger partial charge in [-0.3, -0.25) is 0 Å². The number of nitrogens with two attached hydrogens (primary N) is 1. The summed E-state index contributed by atoms with van der Waals surface area (Å²) in [5.74, 6) is -0.976. The standard InChI is InChI=1S/C9H11N5O3/c10-7-6-8(12-3-11-7)14(4-13-6)2-1-5(15)9(16)17/h3-5,15H,1-2H2,(H,16,17)(H2,10,11,12). The highest BCUT2D eigenvalue weighted by molar-refractivity contribution is 5.81. The van der Waals surface area contributed by atoms with Crippen LogP contribution in [0.15, 0.2) is 12.7 Å². The SMILES string of the molecule is Nc1ncnc2c1ncn2CCC(O)C(=O)O. The molecule has 2 heterocycles. The second kappa shape index (κ2) is 4.34. The quantitative estimate of drug-likeness (QED) is 0.637. The normalized spacial score (nSPS) is 12.8. The van der Waals surface area contributed by atoms with Gasteiger partial charge in [0.05, 0.1) is 6.33 Å². The summed E-state index contributed by atoms with van der Waals surface area (Å²) >= 11 is 0. The second-order valence-electron chi connectivity index (χ2n) is 3.51. The molecule has 0 bridgehead atoms. The van der Waals surface area contributed by atoms with Gasteiger partial charge in [0, 0.05) is 13.0 Å². The largest absolute Gasteiger partial charge is 0.479 e. The number of aromatic nitrogens is 4. The summed E-state index contributed by atoms with van der Waals surface area (Å²) in [7, 11) is 0. The maximum absolute atomic E-state index is 10.5. The van der Waals surface area contributed by atoms with Crippen LogP contribution < -0.4 is 5.73 Å². The number of nitrogen functional groups attached to an aromatic ring is 1. The zero-order valence-corrected chi connectivity index (χ0v) is 8.82. The molecule has 0 saturated heterocycles. The summed E-state index contributed by atoms with van der Waals surface area (Å²) in [5, 5.41) is 17.7. The third-order valence-electron chi connectivity index (χ3n) is 2.36. The molecule has 4 N–H and O–H groups in total. The molecule has 1 atom stereocenters. The van der Waals surface area contributed by atoms with Crippen LogP contribution in [0.5, 0.6) is 0 Å². The van der Waals surface area contributed by atoms with Gasteiger partial charge in [0.15, 0.2) is 17.6 Å². The Balaban J connectivity index is 2.20. The van der Waals surface area contributed by atoms with E-state index in [-0.39, 0.29) is 12.2 Å². The number of fused-ring (bicyclic) bond motifs is 1. The number of aryl methyl sites for hydroxylation is 1. The van der Waals surface area contributed by atoms with Crippen LogP contribution in [0.3, 0.4) is 0 Å². The molecule has 2 aromatic rings. The average molecular weight is 237 g/mol. The van der Waals surface area contributed by atoms with Gasteiger partial charge < -0.3 is 20.5 Å². The van der Waals surface area contributed by atoms with Crippen molar-refractivity contribution in [2.75, 3.05) is 5.73 Å². The van der Waals surface area contributed by atoms with E-state index >= 15 is 0 Å². The molecular formula is C9H11N5O3. The third-order valence-corrected chi connectivity index (χ3v) is 2.36. The highest BCUT2D eigenvalue weighted by atomic mass is 16.4. The first-order valence-corrected chi connectivity index (χ1v) is 4.91. The minimum Gasteiger partial charge on any atom is -0.479 e. The number of nitrogens with zero attached hydrogens (tertiary/aromatic N) is 4. The average Bonchev–Trinajstić information content (AvgIpc) is 2.70. The summed E-state index contributed by atoms with van der Waals surface area (Å²) in [6.45, 7) is 0.292. The van der Waals surface area contributed by atoms with Crippen molar-refractivity contribution in [2.45, 2.75) is 19.1 Å². The Morgan fingerprint density at radius 3 is 2.94 bits per heavy atom. The number of aliphatic hydroxyl groups is 1.